The molecule has 0 aromatic rings. The highest BCUT2D eigenvalue weighted by atomic mass is 32.2. The number of carbonyl (C=O) groups excluding carboxylic acids is 7. The first-order valence-electron chi connectivity index (χ1n) is 16.0. The predicted octanol–water partition coefficient (Wildman–Crippen LogP) is 0.691. The molecule has 0 bridgehead atoms. The standard InChI is InChI=1S/C31H54N6O9S/c1-20(2)26(27(41)35-22(29(43)47-6)8-7-11-34-30(32)44)36-24(39)10-14-45-16-17-46-15-12-33-23(38)9-13-37-25(40)18-21(28(37)42)19-31(3,4)5/h20-22,26H,7-19H2,1-6H3,(H,33,38)(H,35,41)(H,36,39)(H3,32,34,44)/t21?,22-,26-/m0/s1. The van der Waals surface area contributed by atoms with Gasteiger partial charge in [-0.1, -0.05) is 46.4 Å². The molecule has 1 saturated heterocycles. The van der Waals surface area contributed by atoms with E-state index in [4.69, 9.17) is 15.2 Å². The van der Waals surface area contributed by atoms with E-state index in [1.807, 2.05) is 20.8 Å². The molecule has 7 amide bonds. The lowest BCUT2D eigenvalue weighted by molar-refractivity contribution is -0.140. The number of ether oxygens (including phenoxy) is 2. The maximum atomic E-state index is 12.9. The molecule has 6 N–H and O–H groups in total. The highest BCUT2D eigenvalue weighted by Gasteiger charge is 2.40. The molecule has 0 aromatic heterocycles. The molecule has 1 rings (SSSR count). The molecule has 268 valence electrons. The summed E-state index contributed by atoms with van der Waals surface area (Å²) in [7, 11) is 0. The van der Waals surface area contributed by atoms with E-state index in [-0.39, 0.29) is 111 Å². The highest BCUT2D eigenvalue weighted by Crippen LogP contribution is 2.32. The zero-order valence-electron chi connectivity index (χ0n) is 28.6. The Kier molecular flexibility index (Phi) is 19.2. The van der Waals surface area contributed by atoms with Crippen molar-refractivity contribution in [3.8, 4) is 0 Å². The molecule has 1 fully saturated rings. The number of nitrogens with two attached hydrogens (primary N) is 1. The topological polar surface area (TPSA) is 215 Å². The van der Waals surface area contributed by atoms with Crippen LogP contribution in [0.4, 0.5) is 4.79 Å². The number of carbonyl (C=O) groups is 7. The average molecular weight is 687 g/mol. The van der Waals surface area contributed by atoms with Gasteiger partial charge in [0.2, 0.25) is 34.7 Å². The van der Waals surface area contributed by atoms with Crippen molar-refractivity contribution in [2.45, 2.75) is 85.2 Å². The summed E-state index contributed by atoms with van der Waals surface area (Å²) in [4.78, 5) is 86.7. The van der Waals surface area contributed by atoms with E-state index in [0.29, 0.717) is 19.3 Å². The number of likely N-dealkylation sites (tertiary alicyclic amines) is 1. The molecule has 15 nitrogen and oxygen atoms in total. The number of primary amides is 1. The van der Waals surface area contributed by atoms with Gasteiger partial charge in [0, 0.05) is 44.8 Å². The van der Waals surface area contributed by atoms with Crippen LogP contribution in [0.15, 0.2) is 0 Å². The third-order valence-corrected chi connectivity index (χ3v) is 7.90. The maximum Gasteiger partial charge on any atom is 0.312 e. The Hall–Kier alpha value is -3.24. The molecule has 0 radical (unpaired) electrons. The summed E-state index contributed by atoms with van der Waals surface area (Å²) < 4.78 is 10.9. The molecule has 1 aliphatic heterocycles. The molecule has 16 heteroatoms. The summed E-state index contributed by atoms with van der Waals surface area (Å²) >= 11 is 0.983. The maximum absolute atomic E-state index is 12.9. The largest absolute Gasteiger partial charge is 0.379 e. The molecule has 1 aliphatic rings. The molecule has 0 saturated carbocycles. The molecule has 3 atom stereocenters. The van der Waals surface area contributed by atoms with E-state index in [9.17, 15) is 33.6 Å². The summed E-state index contributed by atoms with van der Waals surface area (Å²) in [5.74, 6) is -2.16. The minimum Gasteiger partial charge on any atom is -0.379 e. The van der Waals surface area contributed by atoms with Gasteiger partial charge in [-0.25, -0.2) is 4.79 Å². The number of nitrogens with zero attached hydrogens (tertiary/aromatic N) is 1. The number of rotatable bonds is 22. The van der Waals surface area contributed by atoms with Crippen molar-refractivity contribution in [3.05, 3.63) is 0 Å². The summed E-state index contributed by atoms with van der Waals surface area (Å²) in [6.07, 6.45) is 3.19. The molecule has 0 aromatic carbocycles. The van der Waals surface area contributed by atoms with Crippen LogP contribution in [0.25, 0.3) is 0 Å². The average Bonchev–Trinajstić information content (AvgIpc) is 3.24. The van der Waals surface area contributed by atoms with Crippen molar-refractivity contribution in [1.29, 1.82) is 0 Å². The number of hydrogen-bond acceptors (Lipinski definition) is 10. The summed E-state index contributed by atoms with van der Waals surface area (Å²) in [6.45, 7) is 11.0. The fourth-order valence-electron chi connectivity index (χ4n) is 4.89. The quantitative estimate of drug-likeness (QED) is 0.0793. The fourth-order valence-corrected chi connectivity index (χ4v) is 5.35. The number of imide groups is 1. The van der Waals surface area contributed by atoms with Crippen LogP contribution >= 0.6 is 11.8 Å². The number of urea groups is 1. The number of hydrogen-bond donors (Lipinski definition) is 5. The molecule has 1 unspecified atom stereocenters. The minimum atomic E-state index is -0.858. The normalized spacial score (nSPS) is 16.1. The zero-order valence-corrected chi connectivity index (χ0v) is 29.4. The van der Waals surface area contributed by atoms with Gasteiger partial charge in [-0.15, -0.1) is 0 Å². The summed E-state index contributed by atoms with van der Waals surface area (Å²) in [6, 6.07) is -2.31. The Morgan fingerprint density at radius 1 is 0.936 bits per heavy atom. The monoisotopic (exact) mass is 686 g/mol. The SMILES string of the molecule is CSC(=O)[C@H](CCCNC(N)=O)NC(=O)[C@@H](NC(=O)CCOCCOCCNC(=O)CCN1C(=O)CC(CC(C)(C)C)C1=O)C(C)C. The van der Waals surface area contributed by atoms with Gasteiger partial charge in [0.05, 0.1) is 32.5 Å². The Morgan fingerprint density at radius 3 is 2.19 bits per heavy atom. The van der Waals surface area contributed by atoms with E-state index in [1.54, 1.807) is 20.1 Å². The lowest BCUT2D eigenvalue weighted by Crippen LogP contribution is -2.53. The second-order valence-corrected chi connectivity index (χ2v) is 13.7. The first-order valence-corrected chi connectivity index (χ1v) is 17.3. The van der Waals surface area contributed by atoms with Crippen molar-refractivity contribution >= 4 is 52.4 Å². The van der Waals surface area contributed by atoms with Crippen LogP contribution in [0, 0.1) is 17.3 Å². The molecule has 47 heavy (non-hydrogen) atoms. The van der Waals surface area contributed by atoms with E-state index >= 15 is 0 Å². The number of thioether (sulfide) groups is 1. The summed E-state index contributed by atoms with van der Waals surface area (Å²) in [5, 5.41) is 10.3. The van der Waals surface area contributed by atoms with Gasteiger partial charge in [0.25, 0.3) is 0 Å². The van der Waals surface area contributed by atoms with Gasteiger partial charge in [-0.3, -0.25) is 33.7 Å². The highest BCUT2D eigenvalue weighted by molar-refractivity contribution is 8.13. The van der Waals surface area contributed by atoms with Crippen LogP contribution in [0.1, 0.15) is 73.1 Å². The first kappa shape index (κ1) is 41.8. The predicted molar refractivity (Wildman–Crippen MR) is 177 cm³/mol. The smallest absolute Gasteiger partial charge is 0.312 e. The molecular formula is C31H54N6O9S. The van der Waals surface area contributed by atoms with Gasteiger partial charge in [-0.2, -0.15) is 0 Å². The van der Waals surface area contributed by atoms with Crippen LogP contribution in [0.5, 0.6) is 0 Å². The van der Waals surface area contributed by atoms with E-state index in [2.05, 4.69) is 21.3 Å². The zero-order chi connectivity index (χ0) is 35.6. The Balaban J connectivity index is 2.25. The lowest BCUT2D eigenvalue weighted by atomic mass is 9.84. The minimum absolute atomic E-state index is 0.0114. The first-order chi connectivity index (χ1) is 22.0. The van der Waals surface area contributed by atoms with Crippen molar-refractivity contribution in [1.82, 2.24) is 26.2 Å². The van der Waals surface area contributed by atoms with Gasteiger partial charge in [0.1, 0.15) is 6.04 Å². The van der Waals surface area contributed by atoms with Crippen LogP contribution in [-0.4, -0.2) is 110 Å². The van der Waals surface area contributed by atoms with Gasteiger partial charge in [0.15, 0.2) is 0 Å². The summed E-state index contributed by atoms with van der Waals surface area (Å²) in [5.41, 5.74) is 4.98. The van der Waals surface area contributed by atoms with Gasteiger partial charge >= 0.3 is 6.03 Å². The van der Waals surface area contributed by atoms with Crippen LogP contribution in [0.2, 0.25) is 0 Å². The number of amides is 7. The Bertz CT molecular complexity index is 1080. The molecular weight excluding hydrogens is 632 g/mol. The number of nitrogens with one attached hydrogen (secondary N) is 4. The van der Waals surface area contributed by atoms with Crippen LogP contribution < -0.4 is 27.0 Å². The van der Waals surface area contributed by atoms with Crippen molar-refractivity contribution < 1.29 is 43.0 Å². The third-order valence-electron chi connectivity index (χ3n) is 7.21. The Labute approximate surface area is 281 Å². The Morgan fingerprint density at radius 2 is 1.60 bits per heavy atom. The lowest BCUT2D eigenvalue weighted by Gasteiger charge is -2.25. The fraction of sp³-hybridized carbons (Fsp3) is 0.774. The molecule has 1 heterocycles. The van der Waals surface area contributed by atoms with Gasteiger partial charge in [-0.05, 0) is 36.9 Å². The molecule has 0 aliphatic carbocycles. The van der Waals surface area contributed by atoms with Crippen LogP contribution in [0.3, 0.4) is 0 Å². The van der Waals surface area contributed by atoms with Crippen molar-refractivity contribution in [2.75, 3.05) is 52.3 Å². The van der Waals surface area contributed by atoms with Gasteiger partial charge < -0.3 is 36.5 Å². The van der Waals surface area contributed by atoms with E-state index in [1.165, 1.54) is 4.90 Å². The molecule has 0 spiro atoms. The third kappa shape index (κ3) is 17.5. The second-order valence-electron chi connectivity index (χ2n) is 12.9. The van der Waals surface area contributed by atoms with Crippen molar-refractivity contribution in [3.63, 3.8) is 0 Å². The second kappa shape index (κ2) is 21.6. The van der Waals surface area contributed by atoms with E-state index in [0.717, 1.165) is 11.8 Å². The van der Waals surface area contributed by atoms with Crippen LogP contribution in [-0.2, 0) is 38.2 Å². The van der Waals surface area contributed by atoms with E-state index < -0.39 is 24.0 Å². The van der Waals surface area contributed by atoms with Crippen molar-refractivity contribution in [2.24, 2.45) is 23.0 Å².